The molecule has 8 nitrogen and oxygen atoms in total. The number of carbonyl (C=O) groups is 3. The van der Waals surface area contributed by atoms with Crippen LogP contribution in [0.5, 0.6) is 0 Å². The van der Waals surface area contributed by atoms with E-state index in [1.165, 1.54) is 9.80 Å². The third kappa shape index (κ3) is 5.42. The van der Waals surface area contributed by atoms with Gasteiger partial charge in [-0.2, -0.15) is 5.26 Å². The first kappa shape index (κ1) is 28.7. The average molecular weight is 571 g/mol. The quantitative estimate of drug-likeness (QED) is 0.420. The molecule has 2 aliphatic heterocycles. The van der Waals surface area contributed by atoms with Gasteiger partial charge in [-0.25, -0.2) is 4.98 Å². The first-order valence-corrected chi connectivity index (χ1v) is 14.8. The number of benzene rings is 2. The highest BCUT2D eigenvalue weighted by Gasteiger charge is 2.46. The summed E-state index contributed by atoms with van der Waals surface area (Å²) in [6.45, 7) is 7.92. The number of Topliss-reactive ketones (excluding diaryl/α,β-unsaturated/α-hetero) is 1. The van der Waals surface area contributed by atoms with Crippen molar-refractivity contribution in [3.05, 3.63) is 75.9 Å². The predicted molar refractivity (Wildman–Crippen MR) is 156 cm³/mol. The second-order valence-electron chi connectivity index (χ2n) is 11.4. The van der Waals surface area contributed by atoms with Crippen molar-refractivity contribution in [2.24, 2.45) is 5.92 Å². The number of rotatable bonds is 8. The number of carbonyl (C=O) groups excluding carboxylic acids is 3. The van der Waals surface area contributed by atoms with Gasteiger partial charge in [0.15, 0.2) is 5.78 Å². The molecule has 2 amide bonds. The Bertz CT molecular complexity index is 1520. The van der Waals surface area contributed by atoms with Crippen LogP contribution in [0.3, 0.4) is 0 Å². The number of hydrogen-bond acceptors (Lipinski definition) is 7. The summed E-state index contributed by atoms with van der Waals surface area (Å²) < 4.78 is 0. The van der Waals surface area contributed by atoms with Crippen LogP contribution in [0.2, 0.25) is 0 Å². The third-order valence-corrected chi connectivity index (χ3v) is 9.24. The molecule has 3 heterocycles. The Morgan fingerprint density at radius 2 is 1.90 bits per heavy atom. The maximum Gasteiger partial charge on any atom is 0.255 e. The number of aromatic nitrogens is 1. The SMILES string of the molecule is Cc1ncsc1-c1ccc([C@H](C)CC(=O)[C@@H]2C[C@@H](O)CN2C(=O)C(C(C)C)N2Cc3c(C#N)cccc3C2=O)cc1. The molecule has 212 valence electrons. The van der Waals surface area contributed by atoms with Crippen LogP contribution in [-0.4, -0.2) is 62.2 Å². The monoisotopic (exact) mass is 570 g/mol. The molecule has 9 heteroatoms. The molecule has 2 aromatic carbocycles. The minimum absolute atomic E-state index is 0.0498. The summed E-state index contributed by atoms with van der Waals surface area (Å²) in [4.78, 5) is 49.4. The molecule has 1 aromatic heterocycles. The molecular formula is C32H34N4O4S. The van der Waals surface area contributed by atoms with Gasteiger partial charge in [-0.05, 0) is 42.0 Å². The van der Waals surface area contributed by atoms with E-state index < -0.39 is 18.2 Å². The predicted octanol–water partition coefficient (Wildman–Crippen LogP) is 4.70. The highest BCUT2D eigenvalue weighted by molar-refractivity contribution is 7.13. The molecule has 1 unspecified atom stereocenters. The number of nitrogens with zero attached hydrogens (tertiary/aromatic N) is 4. The van der Waals surface area contributed by atoms with Crippen LogP contribution in [0.15, 0.2) is 48.0 Å². The highest BCUT2D eigenvalue weighted by Crippen LogP contribution is 2.33. The van der Waals surface area contributed by atoms with Gasteiger partial charge in [-0.1, -0.05) is 51.1 Å². The van der Waals surface area contributed by atoms with Crippen LogP contribution >= 0.6 is 11.3 Å². The summed E-state index contributed by atoms with van der Waals surface area (Å²) in [5, 5.41) is 20.1. The number of likely N-dealkylation sites (tertiary alicyclic amines) is 1. The van der Waals surface area contributed by atoms with Crippen molar-refractivity contribution in [1.29, 1.82) is 5.26 Å². The summed E-state index contributed by atoms with van der Waals surface area (Å²) in [5.41, 5.74) is 6.40. The van der Waals surface area contributed by atoms with Gasteiger partial charge in [0.25, 0.3) is 5.91 Å². The maximum absolute atomic E-state index is 14.0. The smallest absolute Gasteiger partial charge is 0.255 e. The fourth-order valence-electron chi connectivity index (χ4n) is 6.09. The summed E-state index contributed by atoms with van der Waals surface area (Å²) in [6, 6.07) is 13.7. The summed E-state index contributed by atoms with van der Waals surface area (Å²) in [7, 11) is 0. The van der Waals surface area contributed by atoms with E-state index in [1.807, 2.05) is 57.5 Å². The van der Waals surface area contributed by atoms with Crippen molar-refractivity contribution >= 4 is 28.9 Å². The van der Waals surface area contributed by atoms with Gasteiger partial charge in [0, 0.05) is 37.1 Å². The number of nitriles is 1. The molecular weight excluding hydrogens is 536 g/mol. The van der Waals surface area contributed by atoms with Crippen molar-refractivity contribution in [1.82, 2.24) is 14.8 Å². The van der Waals surface area contributed by atoms with Crippen molar-refractivity contribution in [3.8, 4) is 16.5 Å². The van der Waals surface area contributed by atoms with Gasteiger partial charge in [0.05, 0.1) is 39.9 Å². The Morgan fingerprint density at radius 3 is 2.54 bits per heavy atom. The number of hydrogen-bond donors (Lipinski definition) is 1. The molecule has 2 aliphatic rings. The Balaban J connectivity index is 1.32. The number of aliphatic hydroxyl groups excluding tert-OH is 1. The van der Waals surface area contributed by atoms with Crippen molar-refractivity contribution in [3.63, 3.8) is 0 Å². The van der Waals surface area contributed by atoms with Crippen molar-refractivity contribution < 1.29 is 19.5 Å². The van der Waals surface area contributed by atoms with Gasteiger partial charge >= 0.3 is 0 Å². The van der Waals surface area contributed by atoms with E-state index in [4.69, 9.17) is 0 Å². The Morgan fingerprint density at radius 1 is 1.17 bits per heavy atom. The van der Waals surface area contributed by atoms with Gasteiger partial charge in [-0.15, -0.1) is 11.3 Å². The molecule has 0 saturated carbocycles. The highest BCUT2D eigenvalue weighted by atomic mass is 32.1. The minimum atomic E-state index is -0.817. The first-order valence-electron chi connectivity index (χ1n) is 13.9. The average Bonchev–Trinajstić information content (AvgIpc) is 3.65. The van der Waals surface area contributed by atoms with E-state index in [0.717, 1.165) is 21.7 Å². The van der Waals surface area contributed by atoms with E-state index in [0.29, 0.717) is 16.7 Å². The standard InChI is InChI=1S/C32H34N4O4S/c1-18(2)29(36-16-26-23(14-33)6-5-7-25(26)31(36)39)32(40)35-15-24(37)13-27(35)28(38)12-19(3)21-8-10-22(11-9-21)30-20(4)34-17-41-30/h5-11,17-19,24,27,29,37H,12-13,15-16H2,1-4H3/t19-,24-,27+,29?/m1/s1. The molecule has 41 heavy (non-hydrogen) atoms. The molecule has 3 aromatic rings. The van der Waals surface area contributed by atoms with Gasteiger partial charge < -0.3 is 14.9 Å². The minimum Gasteiger partial charge on any atom is -0.391 e. The van der Waals surface area contributed by atoms with E-state index in [2.05, 4.69) is 11.1 Å². The zero-order chi connectivity index (χ0) is 29.4. The van der Waals surface area contributed by atoms with E-state index in [1.54, 1.807) is 29.5 Å². The lowest BCUT2D eigenvalue weighted by Crippen LogP contribution is -2.54. The zero-order valence-electron chi connectivity index (χ0n) is 23.7. The normalized spacial score (nSPS) is 19.8. The number of thiazole rings is 1. The lowest BCUT2D eigenvalue weighted by Gasteiger charge is -2.35. The molecule has 1 saturated heterocycles. The van der Waals surface area contributed by atoms with E-state index >= 15 is 0 Å². The summed E-state index contributed by atoms with van der Waals surface area (Å²) >= 11 is 1.59. The van der Waals surface area contributed by atoms with Crippen molar-refractivity contribution in [2.75, 3.05) is 6.54 Å². The second kappa shape index (κ2) is 11.6. The summed E-state index contributed by atoms with van der Waals surface area (Å²) in [6.07, 6.45) is -0.403. The molecule has 4 atom stereocenters. The molecule has 0 aliphatic carbocycles. The maximum atomic E-state index is 14.0. The number of β-amino-alcohol motifs (C(OH)–C–C–N with tert-alkyl or cyclic N) is 1. The largest absolute Gasteiger partial charge is 0.391 e. The van der Waals surface area contributed by atoms with E-state index in [9.17, 15) is 24.8 Å². The first-order chi connectivity index (χ1) is 19.6. The van der Waals surface area contributed by atoms with Crippen LogP contribution in [0, 0.1) is 24.2 Å². The van der Waals surface area contributed by atoms with Gasteiger partial charge in [-0.3, -0.25) is 14.4 Å². The Hall–Kier alpha value is -3.87. The van der Waals surface area contributed by atoms with Gasteiger partial charge in [0.1, 0.15) is 6.04 Å². The molecule has 5 rings (SSSR count). The fourth-order valence-corrected chi connectivity index (χ4v) is 6.90. The zero-order valence-corrected chi connectivity index (χ0v) is 24.5. The third-order valence-electron chi connectivity index (χ3n) is 8.27. The van der Waals surface area contributed by atoms with Crippen LogP contribution in [0.4, 0.5) is 0 Å². The van der Waals surface area contributed by atoms with E-state index in [-0.39, 0.29) is 55.4 Å². The number of amides is 2. The number of aryl methyl sites for hydroxylation is 1. The Kier molecular flexibility index (Phi) is 8.07. The van der Waals surface area contributed by atoms with Gasteiger partial charge in [0.2, 0.25) is 5.91 Å². The number of ketones is 1. The molecule has 0 bridgehead atoms. The Labute approximate surface area is 244 Å². The number of aliphatic hydroxyl groups is 1. The number of fused-ring (bicyclic) bond motifs is 1. The molecule has 1 N–H and O–H groups in total. The second-order valence-corrected chi connectivity index (χ2v) is 12.3. The molecule has 1 fully saturated rings. The fraction of sp³-hybridized carbons (Fsp3) is 0.406. The topological polar surface area (TPSA) is 115 Å². The lowest BCUT2D eigenvalue weighted by molar-refractivity contribution is -0.143. The van der Waals surface area contributed by atoms with Crippen LogP contribution in [0.1, 0.15) is 72.3 Å². The van der Waals surface area contributed by atoms with Crippen LogP contribution < -0.4 is 0 Å². The van der Waals surface area contributed by atoms with Crippen molar-refractivity contribution in [2.45, 2.75) is 71.2 Å². The molecule has 0 spiro atoms. The lowest BCUT2D eigenvalue weighted by atomic mass is 9.91. The van der Waals surface area contributed by atoms with Crippen LogP contribution in [-0.2, 0) is 16.1 Å². The van der Waals surface area contributed by atoms with Crippen LogP contribution in [0.25, 0.3) is 10.4 Å². The molecule has 0 radical (unpaired) electrons. The summed E-state index contributed by atoms with van der Waals surface area (Å²) in [5.74, 6) is -1.05.